The Balaban J connectivity index is 2.49. The molecule has 0 aliphatic rings. The van der Waals surface area contributed by atoms with Crippen LogP contribution in [0.4, 0.5) is 11.4 Å². The largest absolute Gasteiger partial charge is 0.398 e. The molecule has 0 saturated heterocycles. The predicted octanol–water partition coefficient (Wildman–Crippen LogP) is 2.99. The molecule has 2 aromatic rings. The van der Waals surface area contributed by atoms with Crippen molar-refractivity contribution in [3.05, 3.63) is 59.4 Å². The fourth-order valence-corrected chi connectivity index (χ4v) is 2.17. The Hall–Kier alpha value is -2.95. The standard InChI is InChI=1S/C17H18N4O/c1-4-12-8-14(15(18)9-16(12)21-11(3)22)17(19)13-5-6-20-10(2)7-13/h4-9,19H,1,18H2,2-3H3,(H,21,22). The molecule has 1 amide bonds. The van der Waals surface area contributed by atoms with E-state index in [2.05, 4.69) is 16.9 Å². The van der Waals surface area contributed by atoms with Gasteiger partial charge in [-0.15, -0.1) is 0 Å². The minimum Gasteiger partial charge on any atom is -0.398 e. The van der Waals surface area contributed by atoms with Gasteiger partial charge in [0.15, 0.2) is 0 Å². The Morgan fingerprint density at radius 3 is 2.73 bits per heavy atom. The highest BCUT2D eigenvalue weighted by molar-refractivity contribution is 6.14. The lowest BCUT2D eigenvalue weighted by molar-refractivity contribution is -0.114. The SMILES string of the molecule is C=Cc1cc(C(=N)c2ccnc(C)c2)c(N)cc1NC(C)=O. The lowest BCUT2D eigenvalue weighted by Crippen LogP contribution is -2.11. The number of aryl methyl sites for hydroxylation is 1. The number of pyridine rings is 1. The zero-order valence-corrected chi connectivity index (χ0v) is 12.6. The van der Waals surface area contributed by atoms with Crippen molar-refractivity contribution in [1.82, 2.24) is 4.98 Å². The third kappa shape index (κ3) is 3.20. The maximum absolute atomic E-state index is 11.2. The summed E-state index contributed by atoms with van der Waals surface area (Å²) in [5, 5.41) is 11.1. The Labute approximate surface area is 129 Å². The number of anilines is 2. The lowest BCUT2D eigenvalue weighted by atomic mass is 9.98. The second kappa shape index (κ2) is 6.22. The van der Waals surface area contributed by atoms with Crippen molar-refractivity contribution < 1.29 is 4.79 Å². The van der Waals surface area contributed by atoms with Gasteiger partial charge in [0.25, 0.3) is 0 Å². The highest BCUT2D eigenvalue weighted by Gasteiger charge is 2.13. The maximum Gasteiger partial charge on any atom is 0.221 e. The Kier molecular flexibility index (Phi) is 4.36. The van der Waals surface area contributed by atoms with Crippen molar-refractivity contribution in [2.24, 2.45) is 0 Å². The van der Waals surface area contributed by atoms with E-state index in [0.29, 0.717) is 22.6 Å². The first-order valence-electron chi connectivity index (χ1n) is 6.78. The fourth-order valence-electron chi connectivity index (χ4n) is 2.17. The molecule has 0 radical (unpaired) electrons. The third-order valence-corrected chi connectivity index (χ3v) is 3.21. The van der Waals surface area contributed by atoms with Crippen LogP contribution in [0.25, 0.3) is 6.08 Å². The van der Waals surface area contributed by atoms with E-state index in [0.717, 1.165) is 16.8 Å². The molecule has 0 bridgehead atoms. The first-order chi connectivity index (χ1) is 10.4. The molecule has 0 spiro atoms. The number of benzene rings is 1. The van der Waals surface area contributed by atoms with Gasteiger partial charge in [0.1, 0.15) is 0 Å². The summed E-state index contributed by atoms with van der Waals surface area (Å²) in [5.74, 6) is -0.185. The molecule has 112 valence electrons. The average molecular weight is 294 g/mol. The predicted molar refractivity (Wildman–Crippen MR) is 90.2 cm³/mol. The second-order valence-electron chi connectivity index (χ2n) is 4.97. The molecule has 0 saturated carbocycles. The maximum atomic E-state index is 11.2. The van der Waals surface area contributed by atoms with E-state index in [4.69, 9.17) is 11.1 Å². The Bertz CT molecular complexity index is 765. The molecular formula is C17H18N4O. The first-order valence-corrected chi connectivity index (χ1v) is 6.78. The molecule has 5 heteroatoms. The number of aromatic nitrogens is 1. The number of carbonyl (C=O) groups excluding carboxylic acids is 1. The van der Waals surface area contributed by atoms with Gasteiger partial charge in [0.2, 0.25) is 5.91 Å². The van der Waals surface area contributed by atoms with E-state index in [1.165, 1.54) is 6.92 Å². The van der Waals surface area contributed by atoms with Crippen LogP contribution < -0.4 is 11.1 Å². The Morgan fingerprint density at radius 1 is 1.41 bits per heavy atom. The van der Waals surface area contributed by atoms with Crippen LogP contribution in [0.15, 0.2) is 37.0 Å². The van der Waals surface area contributed by atoms with E-state index in [1.54, 1.807) is 30.5 Å². The van der Waals surface area contributed by atoms with Crippen LogP contribution in [0.2, 0.25) is 0 Å². The molecule has 0 fully saturated rings. The molecule has 0 aliphatic carbocycles. The number of nitrogens with one attached hydrogen (secondary N) is 2. The lowest BCUT2D eigenvalue weighted by Gasteiger charge is -2.13. The first kappa shape index (κ1) is 15.4. The van der Waals surface area contributed by atoms with Gasteiger partial charge in [0, 0.05) is 35.6 Å². The molecular weight excluding hydrogens is 276 g/mol. The number of nitrogen functional groups attached to an aromatic ring is 1. The molecule has 0 aliphatic heterocycles. The summed E-state index contributed by atoms with van der Waals surface area (Å²) >= 11 is 0. The highest BCUT2D eigenvalue weighted by Crippen LogP contribution is 2.26. The van der Waals surface area contributed by atoms with E-state index in [9.17, 15) is 4.79 Å². The molecule has 0 unspecified atom stereocenters. The number of carbonyl (C=O) groups is 1. The van der Waals surface area contributed by atoms with Crippen LogP contribution in [0, 0.1) is 12.3 Å². The third-order valence-electron chi connectivity index (χ3n) is 3.21. The summed E-state index contributed by atoms with van der Waals surface area (Å²) in [6.45, 7) is 7.04. The zero-order valence-electron chi connectivity index (χ0n) is 12.6. The number of nitrogens with zero attached hydrogens (tertiary/aromatic N) is 1. The van der Waals surface area contributed by atoms with Gasteiger partial charge in [-0.2, -0.15) is 0 Å². The molecule has 22 heavy (non-hydrogen) atoms. The van der Waals surface area contributed by atoms with Crippen LogP contribution in [0.3, 0.4) is 0 Å². The number of hydrogen-bond donors (Lipinski definition) is 3. The van der Waals surface area contributed by atoms with E-state index in [1.807, 2.05) is 13.0 Å². The summed E-state index contributed by atoms with van der Waals surface area (Å²) in [7, 11) is 0. The summed E-state index contributed by atoms with van der Waals surface area (Å²) in [6.07, 6.45) is 3.29. The van der Waals surface area contributed by atoms with Gasteiger partial charge >= 0.3 is 0 Å². The van der Waals surface area contributed by atoms with Gasteiger partial charge in [-0.1, -0.05) is 12.7 Å². The number of rotatable bonds is 4. The summed E-state index contributed by atoms with van der Waals surface area (Å²) in [4.78, 5) is 15.4. The monoisotopic (exact) mass is 294 g/mol. The van der Waals surface area contributed by atoms with Gasteiger partial charge in [-0.25, -0.2) is 0 Å². The van der Waals surface area contributed by atoms with Crippen molar-refractivity contribution in [2.45, 2.75) is 13.8 Å². The van der Waals surface area contributed by atoms with Gasteiger partial charge < -0.3 is 11.1 Å². The zero-order chi connectivity index (χ0) is 16.3. The van der Waals surface area contributed by atoms with Crippen molar-refractivity contribution in [2.75, 3.05) is 11.1 Å². The van der Waals surface area contributed by atoms with E-state index >= 15 is 0 Å². The summed E-state index contributed by atoms with van der Waals surface area (Å²) < 4.78 is 0. The van der Waals surface area contributed by atoms with Crippen LogP contribution >= 0.6 is 0 Å². The average Bonchev–Trinajstić information content (AvgIpc) is 2.46. The fraction of sp³-hybridized carbons (Fsp3) is 0.118. The van der Waals surface area contributed by atoms with E-state index < -0.39 is 0 Å². The number of hydrogen-bond acceptors (Lipinski definition) is 4. The molecule has 1 aromatic heterocycles. The van der Waals surface area contributed by atoms with Crippen LogP contribution in [-0.2, 0) is 4.79 Å². The smallest absolute Gasteiger partial charge is 0.221 e. The minimum atomic E-state index is -0.185. The van der Waals surface area contributed by atoms with Gasteiger partial charge in [0.05, 0.1) is 11.4 Å². The van der Waals surface area contributed by atoms with Crippen molar-refractivity contribution in [1.29, 1.82) is 5.41 Å². The number of amides is 1. The van der Waals surface area contributed by atoms with Crippen LogP contribution in [0.1, 0.15) is 29.3 Å². The van der Waals surface area contributed by atoms with E-state index in [-0.39, 0.29) is 5.91 Å². The minimum absolute atomic E-state index is 0.185. The highest BCUT2D eigenvalue weighted by atomic mass is 16.1. The normalized spacial score (nSPS) is 10.1. The van der Waals surface area contributed by atoms with Crippen molar-refractivity contribution in [3.63, 3.8) is 0 Å². The second-order valence-corrected chi connectivity index (χ2v) is 4.97. The van der Waals surface area contributed by atoms with Crippen molar-refractivity contribution >= 4 is 29.1 Å². The molecule has 1 heterocycles. The topological polar surface area (TPSA) is 91.9 Å². The summed E-state index contributed by atoms with van der Waals surface area (Å²) in [5.41, 5.74) is 10.3. The molecule has 0 atom stereocenters. The van der Waals surface area contributed by atoms with Crippen LogP contribution in [0.5, 0.6) is 0 Å². The van der Waals surface area contributed by atoms with Crippen molar-refractivity contribution in [3.8, 4) is 0 Å². The Morgan fingerprint density at radius 2 is 2.14 bits per heavy atom. The quantitative estimate of drug-likeness (QED) is 0.598. The van der Waals surface area contributed by atoms with Crippen LogP contribution in [-0.4, -0.2) is 16.6 Å². The molecule has 1 aromatic carbocycles. The number of nitrogens with two attached hydrogens (primary N) is 1. The molecule has 4 N–H and O–H groups in total. The van der Waals surface area contributed by atoms with Gasteiger partial charge in [-0.3, -0.25) is 15.2 Å². The summed E-state index contributed by atoms with van der Waals surface area (Å²) in [6, 6.07) is 7.00. The molecule has 2 rings (SSSR count). The molecule has 5 nitrogen and oxygen atoms in total. The van der Waals surface area contributed by atoms with Gasteiger partial charge in [-0.05, 0) is 36.8 Å².